The number of benzene rings is 2. The van der Waals surface area contributed by atoms with Crippen LogP contribution in [0.25, 0.3) is 0 Å². The van der Waals surface area contributed by atoms with E-state index < -0.39 is 33.2 Å². The van der Waals surface area contributed by atoms with E-state index in [9.17, 15) is 9.59 Å². The second-order valence-electron chi connectivity index (χ2n) is 15.0. The van der Waals surface area contributed by atoms with Gasteiger partial charge in [-0.25, -0.2) is 4.21 Å². The average molecular weight is 726 g/mol. The zero-order valence-corrected chi connectivity index (χ0v) is 30.7. The number of aryl methyl sites for hydroxylation is 1. The van der Waals surface area contributed by atoms with Gasteiger partial charge in [-0.1, -0.05) is 29.8 Å². The molecule has 1 N–H and O–H groups in total. The van der Waals surface area contributed by atoms with Crippen molar-refractivity contribution in [2.75, 3.05) is 51.5 Å². The van der Waals surface area contributed by atoms with Crippen molar-refractivity contribution in [3.63, 3.8) is 0 Å². The van der Waals surface area contributed by atoms with E-state index in [4.69, 9.17) is 30.5 Å². The Labute approximate surface area is 300 Å². The highest BCUT2D eigenvalue weighted by molar-refractivity contribution is 7.92. The van der Waals surface area contributed by atoms with Gasteiger partial charge in [-0.05, 0) is 112 Å². The molecule has 50 heavy (non-hydrogen) atoms. The Morgan fingerprint density at radius 3 is 2.70 bits per heavy atom. The van der Waals surface area contributed by atoms with E-state index in [0.29, 0.717) is 56.8 Å². The Bertz CT molecular complexity index is 1780. The fourth-order valence-electron chi connectivity index (χ4n) is 8.25. The molecule has 2 aromatic rings. The summed E-state index contributed by atoms with van der Waals surface area (Å²) in [6, 6.07) is 11.5. The van der Waals surface area contributed by atoms with Crippen molar-refractivity contribution in [1.82, 2.24) is 4.72 Å². The molecular formula is C38H48ClN3O7S. The summed E-state index contributed by atoms with van der Waals surface area (Å²) < 4.78 is 46.2. The highest BCUT2D eigenvalue weighted by Crippen LogP contribution is 2.47. The Hall–Kier alpha value is -2.96. The summed E-state index contributed by atoms with van der Waals surface area (Å²) in [6.45, 7) is 6.14. The van der Waals surface area contributed by atoms with Crippen molar-refractivity contribution in [1.29, 1.82) is 0 Å². The second-order valence-corrected chi connectivity index (χ2v) is 17.3. The number of rotatable bonds is 3. The summed E-state index contributed by atoms with van der Waals surface area (Å²) in [5.41, 5.74) is 1.58. The maximum Gasteiger partial charge on any atom is 0.287 e. The Morgan fingerprint density at radius 2 is 1.94 bits per heavy atom. The van der Waals surface area contributed by atoms with Gasteiger partial charge in [-0.2, -0.15) is 0 Å². The number of carbonyl (C=O) groups is 2. The molecular weight excluding hydrogens is 678 g/mol. The molecule has 0 aromatic heterocycles. The van der Waals surface area contributed by atoms with E-state index in [1.54, 1.807) is 27.0 Å². The molecule has 12 heteroatoms. The van der Waals surface area contributed by atoms with Crippen molar-refractivity contribution in [2.24, 2.45) is 22.1 Å². The lowest BCUT2D eigenvalue weighted by Gasteiger charge is -2.46. The van der Waals surface area contributed by atoms with E-state index in [-0.39, 0.29) is 23.0 Å². The number of anilines is 1. The van der Waals surface area contributed by atoms with Crippen molar-refractivity contribution < 1.29 is 32.7 Å². The van der Waals surface area contributed by atoms with Crippen LogP contribution in [-0.4, -0.2) is 74.4 Å². The number of hydrogen-bond acceptors (Lipinski definition) is 8. The molecule has 1 saturated carbocycles. The van der Waals surface area contributed by atoms with Gasteiger partial charge in [0, 0.05) is 49.8 Å². The van der Waals surface area contributed by atoms with Gasteiger partial charge in [0.25, 0.3) is 5.91 Å². The first-order valence-corrected chi connectivity index (χ1v) is 19.7. The predicted octanol–water partition coefficient (Wildman–Crippen LogP) is 6.03. The molecule has 1 spiro atoms. The molecule has 7 rings (SSSR count). The smallest absolute Gasteiger partial charge is 0.287 e. The Morgan fingerprint density at radius 1 is 1.12 bits per heavy atom. The minimum atomic E-state index is -3.79. The summed E-state index contributed by atoms with van der Waals surface area (Å²) in [6.07, 6.45) is 9.82. The largest absolute Gasteiger partial charge is 0.490 e. The molecule has 0 radical (unpaired) electrons. The third-order valence-corrected chi connectivity index (χ3v) is 13.4. The lowest BCUT2D eigenvalue weighted by atomic mass is 9.68. The zero-order chi connectivity index (χ0) is 35.1. The number of nitrogens with one attached hydrogen (secondary N) is 1. The number of hydrogen-bond donors (Lipinski definition) is 1. The van der Waals surface area contributed by atoms with Crippen LogP contribution in [0, 0.1) is 17.8 Å². The van der Waals surface area contributed by atoms with Crippen LogP contribution in [0.2, 0.25) is 5.02 Å². The van der Waals surface area contributed by atoms with E-state index >= 15 is 4.21 Å². The molecule has 2 amide bonds. The number of fused-ring (bicyclic) bond motifs is 4. The van der Waals surface area contributed by atoms with E-state index in [2.05, 4.69) is 26.1 Å². The van der Waals surface area contributed by atoms with Gasteiger partial charge in [-0.3, -0.25) is 14.3 Å². The van der Waals surface area contributed by atoms with Gasteiger partial charge in [0.2, 0.25) is 5.91 Å². The SMILES string of the molecule is CO[C@H]1/C=C/COC(C)(C)C(=O)N=S(=O)(NC(=O)C2CCOCC2)c2ccc3c(c2)N(C[C@@H]2CC[C@H]21)C[C@@]1(CCCc2cc(Cl)ccc21)CO3. The van der Waals surface area contributed by atoms with Gasteiger partial charge in [0.05, 0.1) is 29.9 Å². The maximum absolute atomic E-state index is 15.1. The summed E-state index contributed by atoms with van der Waals surface area (Å²) in [5, 5.41) is 0.730. The minimum absolute atomic E-state index is 0.103. The van der Waals surface area contributed by atoms with Crippen molar-refractivity contribution in [2.45, 2.75) is 80.8 Å². The van der Waals surface area contributed by atoms with Crippen LogP contribution >= 0.6 is 11.6 Å². The molecule has 5 atom stereocenters. The quantitative estimate of drug-likeness (QED) is 0.382. The van der Waals surface area contributed by atoms with Crippen LogP contribution in [0.15, 0.2) is 57.8 Å². The van der Waals surface area contributed by atoms with Gasteiger partial charge in [0.15, 0.2) is 9.92 Å². The molecule has 10 nitrogen and oxygen atoms in total. The number of ether oxygens (including phenoxy) is 4. The van der Waals surface area contributed by atoms with E-state index in [1.807, 2.05) is 30.4 Å². The lowest BCUT2D eigenvalue weighted by Crippen LogP contribution is -2.49. The van der Waals surface area contributed by atoms with Gasteiger partial charge >= 0.3 is 0 Å². The number of amides is 2. The van der Waals surface area contributed by atoms with E-state index in [0.717, 1.165) is 49.4 Å². The summed E-state index contributed by atoms with van der Waals surface area (Å²) in [5.74, 6) is -0.240. The standard InChI is InChI=1S/C38H48ClN3O7S/c1-37(2)36(44)41-50(45,40-35(43)25-14-18-47-19-15-25)29-10-13-34-32(21-29)42(22-27-8-11-30(27)33(46-3)7-5-17-49-37)23-38(24-48-34)16-4-6-26-20-28(39)9-12-31(26)38/h5,7,9-10,12-13,20-21,25,27,30,33H,4,6,8,11,14-19,22-24H2,1-3H3,(H,40,41,43,44,45)/b7-5+/t27-,30+,33-,38-,50?/m0/s1. The molecule has 2 bridgehead atoms. The first-order valence-electron chi connectivity index (χ1n) is 17.9. The first kappa shape index (κ1) is 35.4. The second kappa shape index (κ2) is 14.2. The minimum Gasteiger partial charge on any atom is -0.490 e. The molecule has 3 heterocycles. The van der Waals surface area contributed by atoms with E-state index in [1.165, 1.54) is 11.1 Å². The molecule has 3 aliphatic heterocycles. The predicted molar refractivity (Wildman–Crippen MR) is 192 cm³/mol. The van der Waals surface area contributed by atoms with Gasteiger partial charge in [-0.15, -0.1) is 4.36 Å². The van der Waals surface area contributed by atoms with Crippen LogP contribution in [-0.2, 0) is 45.6 Å². The lowest BCUT2D eigenvalue weighted by molar-refractivity contribution is -0.137. The molecule has 2 aromatic carbocycles. The van der Waals surface area contributed by atoms with Crippen molar-refractivity contribution in [3.05, 3.63) is 64.7 Å². The van der Waals surface area contributed by atoms with Crippen LogP contribution < -0.4 is 14.4 Å². The summed E-state index contributed by atoms with van der Waals surface area (Å²) in [4.78, 5) is 30.0. The first-order chi connectivity index (χ1) is 24.0. The molecule has 5 aliphatic rings. The summed E-state index contributed by atoms with van der Waals surface area (Å²) >= 11 is 6.47. The normalized spacial score (nSPS) is 32.0. The molecule has 2 aliphatic carbocycles. The van der Waals surface area contributed by atoms with Gasteiger partial charge in [0.1, 0.15) is 11.4 Å². The third-order valence-electron chi connectivity index (χ3n) is 11.4. The van der Waals surface area contributed by atoms with Crippen molar-refractivity contribution in [3.8, 4) is 5.75 Å². The monoisotopic (exact) mass is 725 g/mol. The number of nitrogens with zero attached hydrogens (tertiary/aromatic N) is 2. The molecule has 1 unspecified atom stereocenters. The fraction of sp³-hybridized carbons (Fsp3) is 0.579. The Kier molecular flexibility index (Phi) is 10.1. The van der Waals surface area contributed by atoms with Crippen LogP contribution in [0.4, 0.5) is 5.69 Å². The highest BCUT2D eigenvalue weighted by Gasteiger charge is 2.45. The van der Waals surface area contributed by atoms with Crippen LogP contribution in [0.1, 0.15) is 63.5 Å². The van der Waals surface area contributed by atoms with Crippen LogP contribution in [0.3, 0.4) is 0 Å². The third kappa shape index (κ3) is 6.96. The molecule has 2 fully saturated rings. The van der Waals surface area contributed by atoms with Crippen LogP contribution in [0.5, 0.6) is 5.75 Å². The number of methoxy groups -OCH3 is 1. The molecule has 1 saturated heterocycles. The zero-order valence-electron chi connectivity index (χ0n) is 29.2. The van der Waals surface area contributed by atoms with Gasteiger partial charge < -0.3 is 23.8 Å². The number of carbonyl (C=O) groups excluding carboxylic acids is 2. The Balaban J connectivity index is 1.35. The van der Waals surface area contributed by atoms with Crippen molar-refractivity contribution >= 4 is 39.0 Å². The number of halogens is 1. The topological polar surface area (TPSA) is 116 Å². The maximum atomic E-state index is 15.1. The average Bonchev–Trinajstić information content (AvgIpc) is 3.24. The molecule has 270 valence electrons. The highest BCUT2D eigenvalue weighted by atomic mass is 35.5. The fourth-order valence-corrected chi connectivity index (χ4v) is 10.1. The summed E-state index contributed by atoms with van der Waals surface area (Å²) in [7, 11) is -2.05.